The van der Waals surface area contributed by atoms with Gasteiger partial charge in [-0.2, -0.15) is 0 Å². The zero-order valence-corrected chi connectivity index (χ0v) is 11.9. The number of nitrogens with one attached hydrogen (secondary N) is 2. The van der Waals surface area contributed by atoms with Gasteiger partial charge in [0, 0.05) is 13.2 Å². The molecule has 0 spiro atoms. The highest BCUT2D eigenvalue weighted by Gasteiger charge is 2.39. The maximum Gasteiger partial charge on any atom is 0.228 e. The summed E-state index contributed by atoms with van der Waals surface area (Å²) >= 11 is 0. The molecule has 1 saturated heterocycles. The first-order valence-electron chi connectivity index (χ1n) is 6.15. The lowest BCUT2D eigenvalue weighted by Crippen LogP contribution is -2.51. The number of ether oxygens (including phenoxy) is 1. The number of halogens is 1. The molecule has 5 heteroatoms. The summed E-state index contributed by atoms with van der Waals surface area (Å²) in [4.78, 5) is 12.3. The van der Waals surface area contributed by atoms with E-state index in [4.69, 9.17) is 4.74 Å². The van der Waals surface area contributed by atoms with Gasteiger partial charge in [-0.1, -0.05) is 6.92 Å². The zero-order valence-electron chi connectivity index (χ0n) is 11.0. The van der Waals surface area contributed by atoms with Gasteiger partial charge in [0.25, 0.3) is 0 Å². The number of piperidine rings is 1. The highest BCUT2D eigenvalue weighted by molar-refractivity contribution is 5.85. The third-order valence-electron chi connectivity index (χ3n) is 3.45. The number of hydrogen-bond acceptors (Lipinski definition) is 3. The van der Waals surface area contributed by atoms with E-state index in [0.29, 0.717) is 6.61 Å². The minimum absolute atomic E-state index is 0. The molecule has 1 rings (SSSR count). The monoisotopic (exact) mass is 264 g/mol. The van der Waals surface area contributed by atoms with Crippen LogP contribution in [-0.2, 0) is 9.53 Å². The maximum atomic E-state index is 12.3. The molecule has 0 bridgehead atoms. The van der Waals surface area contributed by atoms with Crippen molar-refractivity contribution in [1.29, 1.82) is 0 Å². The molecule has 102 valence electrons. The minimum Gasteiger partial charge on any atom is -0.384 e. The SMILES string of the molecule is CCC(C)NC(=O)C1(COC)CCNCC1.Cl. The van der Waals surface area contributed by atoms with E-state index in [1.54, 1.807) is 7.11 Å². The molecule has 0 aromatic rings. The zero-order chi connectivity index (χ0) is 12.0. The number of amides is 1. The Morgan fingerprint density at radius 1 is 1.47 bits per heavy atom. The van der Waals surface area contributed by atoms with Gasteiger partial charge in [0.15, 0.2) is 0 Å². The Labute approximate surface area is 110 Å². The largest absolute Gasteiger partial charge is 0.384 e. The molecule has 4 nitrogen and oxygen atoms in total. The molecule has 0 aromatic heterocycles. The van der Waals surface area contributed by atoms with Gasteiger partial charge in [-0.25, -0.2) is 0 Å². The molecular weight excluding hydrogens is 240 g/mol. The number of hydrogen-bond donors (Lipinski definition) is 2. The van der Waals surface area contributed by atoms with Crippen molar-refractivity contribution >= 4 is 18.3 Å². The Bertz CT molecular complexity index is 225. The van der Waals surface area contributed by atoms with E-state index in [1.807, 2.05) is 6.92 Å². The van der Waals surface area contributed by atoms with E-state index in [2.05, 4.69) is 17.6 Å². The Kier molecular flexibility index (Phi) is 7.75. The van der Waals surface area contributed by atoms with Crippen molar-refractivity contribution in [1.82, 2.24) is 10.6 Å². The fourth-order valence-electron chi connectivity index (χ4n) is 2.10. The van der Waals surface area contributed by atoms with Gasteiger partial charge < -0.3 is 15.4 Å². The van der Waals surface area contributed by atoms with Crippen LogP contribution in [0.5, 0.6) is 0 Å². The molecular formula is C12H25ClN2O2. The van der Waals surface area contributed by atoms with Gasteiger partial charge in [0.05, 0.1) is 12.0 Å². The molecule has 1 unspecified atom stereocenters. The van der Waals surface area contributed by atoms with Gasteiger partial charge in [-0.3, -0.25) is 4.79 Å². The molecule has 1 aliphatic rings. The van der Waals surface area contributed by atoms with Crippen LogP contribution < -0.4 is 10.6 Å². The number of carbonyl (C=O) groups is 1. The molecule has 0 saturated carbocycles. The lowest BCUT2D eigenvalue weighted by atomic mass is 9.78. The average Bonchev–Trinajstić information content (AvgIpc) is 2.30. The van der Waals surface area contributed by atoms with Gasteiger partial charge >= 0.3 is 0 Å². The molecule has 17 heavy (non-hydrogen) atoms. The third-order valence-corrected chi connectivity index (χ3v) is 3.45. The van der Waals surface area contributed by atoms with Crippen molar-refractivity contribution in [3.05, 3.63) is 0 Å². The van der Waals surface area contributed by atoms with E-state index in [1.165, 1.54) is 0 Å². The van der Waals surface area contributed by atoms with Crippen LogP contribution in [0.3, 0.4) is 0 Å². The summed E-state index contributed by atoms with van der Waals surface area (Å²) in [5, 5.41) is 6.36. The molecule has 1 amide bonds. The first kappa shape index (κ1) is 16.7. The summed E-state index contributed by atoms with van der Waals surface area (Å²) in [5.74, 6) is 0.158. The van der Waals surface area contributed by atoms with Crippen LogP contribution in [-0.4, -0.2) is 38.8 Å². The molecule has 0 radical (unpaired) electrons. The standard InChI is InChI=1S/C12H24N2O2.ClH/c1-4-10(2)14-11(15)12(9-16-3)5-7-13-8-6-12;/h10,13H,4-9H2,1-3H3,(H,14,15);1H. The van der Waals surface area contributed by atoms with Gasteiger partial charge in [-0.15, -0.1) is 12.4 Å². The lowest BCUT2D eigenvalue weighted by Gasteiger charge is -2.36. The summed E-state index contributed by atoms with van der Waals surface area (Å²) in [7, 11) is 1.67. The van der Waals surface area contributed by atoms with Crippen LogP contribution in [0.1, 0.15) is 33.1 Å². The van der Waals surface area contributed by atoms with Crippen molar-refractivity contribution in [2.75, 3.05) is 26.8 Å². The van der Waals surface area contributed by atoms with E-state index < -0.39 is 0 Å². The van der Waals surface area contributed by atoms with Crippen LogP contribution in [0.2, 0.25) is 0 Å². The Morgan fingerprint density at radius 3 is 2.53 bits per heavy atom. The molecule has 1 heterocycles. The van der Waals surface area contributed by atoms with Crippen molar-refractivity contribution in [2.24, 2.45) is 5.41 Å². The van der Waals surface area contributed by atoms with E-state index in [-0.39, 0.29) is 29.8 Å². The summed E-state index contributed by atoms with van der Waals surface area (Å²) in [6.45, 7) is 6.45. The molecule has 1 aliphatic heterocycles. The molecule has 1 atom stereocenters. The Hall–Kier alpha value is -0.320. The normalized spacial score (nSPS) is 20.2. The van der Waals surface area contributed by atoms with Crippen LogP contribution in [0.15, 0.2) is 0 Å². The van der Waals surface area contributed by atoms with Crippen molar-refractivity contribution in [2.45, 2.75) is 39.2 Å². The van der Waals surface area contributed by atoms with Crippen molar-refractivity contribution in [3.63, 3.8) is 0 Å². The predicted molar refractivity (Wildman–Crippen MR) is 71.6 cm³/mol. The summed E-state index contributed by atoms with van der Waals surface area (Å²) in [6.07, 6.45) is 2.69. The Morgan fingerprint density at radius 2 is 2.06 bits per heavy atom. The third kappa shape index (κ3) is 4.45. The fourth-order valence-corrected chi connectivity index (χ4v) is 2.10. The number of carbonyl (C=O) groups excluding carboxylic acids is 1. The second-order valence-corrected chi connectivity index (χ2v) is 4.75. The van der Waals surface area contributed by atoms with E-state index in [0.717, 1.165) is 32.4 Å². The quantitative estimate of drug-likeness (QED) is 0.788. The topological polar surface area (TPSA) is 50.4 Å². The van der Waals surface area contributed by atoms with E-state index in [9.17, 15) is 4.79 Å². The second kappa shape index (κ2) is 7.90. The molecule has 1 fully saturated rings. The van der Waals surface area contributed by atoms with Crippen LogP contribution in [0, 0.1) is 5.41 Å². The van der Waals surface area contributed by atoms with Crippen molar-refractivity contribution < 1.29 is 9.53 Å². The fraction of sp³-hybridized carbons (Fsp3) is 0.917. The number of methoxy groups -OCH3 is 1. The first-order valence-corrected chi connectivity index (χ1v) is 6.15. The summed E-state index contributed by atoms with van der Waals surface area (Å²) in [5.41, 5.74) is -0.316. The second-order valence-electron chi connectivity index (χ2n) is 4.75. The lowest BCUT2D eigenvalue weighted by molar-refractivity contribution is -0.136. The van der Waals surface area contributed by atoms with Gasteiger partial charge in [0.2, 0.25) is 5.91 Å². The molecule has 0 aliphatic carbocycles. The van der Waals surface area contributed by atoms with Gasteiger partial charge in [-0.05, 0) is 39.3 Å². The highest BCUT2D eigenvalue weighted by atomic mass is 35.5. The first-order chi connectivity index (χ1) is 7.64. The number of rotatable bonds is 5. The van der Waals surface area contributed by atoms with Crippen LogP contribution in [0.25, 0.3) is 0 Å². The predicted octanol–water partition coefficient (Wildman–Crippen LogP) is 1.34. The summed E-state index contributed by atoms with van der Waals surface area (Å²) in [6, 6.07) is 0.246. The van der Waals surface area contributed by atoms with Gasteiger partial charge in [0.1, 0.15) is 0 Å². The van der Waals surface area contributed by atoms with Crippen molar-refractivity contribution in [3.8, 4) is 0 Å². The smallest absolute Gasteiger partial charge is 0.228 e. The molecule has 0 aromatic carbocycles. The average molecular weight is 265 g/mol. The van der Waals surface area contributed by atoms with Crippen LogP contribution in [0.4, 0.5) is 0 Å². The minimum atomic E-state index is -0.316. The maximum absolute atomic E-state index is 12.3. The highest BCUT2D eigenvalue weighted by Crippen LogP contribution is 2.29. The Balaban J connectivity index is 0.00000256. The van der Waals surface area contributed by atoms with E-state index >= 15 is 0 Å². The summed E-state index contributed by atoms with van der Waals surface area (Å²) < 4.78 is 5.23. The molecule has 2 N–H and O–H groups in total. The van der Waals surface area contributed by atoms with Crippen LogP contribution >= 0.6 is 12.4 Å².